The summed E-state index contributed by atoms with van der Waals surface area (Å²) in [6, 6.07) is 8.23. The first kappa shape index (κ1) is 20.4. The summed E-state index contributed by atoms with van der Waals surface area (Å²) in [5.41, 5.74) is 3.28. The Labute approximate surface area is 184 Å². The molecule has 1 aromatic carbocycles. The zero-order chi connectivity index (χ0) is 22.4. The van der Waals surface area contributed by atoms with E-state index in [1.54, 1.807) is 0 Å². The van der Waals surface area contributed by atoms with Crippen LogP contribution < -0.4 is 10.6 Å². The minimum Gasteiger partial charge on any atom is -0.465 e. The lowest BCUT2D eigenvalue weighted by Crippen LogP contribution is -2.33. The molecule has 0 spiro atoms. The first-order valence-corrected chi connectivity index (χ1v) is 10.7. The lowest BCUT2D eigenvalue weighted by Gasteiger charge is -2.32. The second-order valence-corrected chi connectivity index (χ2v) is 8.42. The number of anilines is 1. The summed E-state index contributed by atoms with van der Waals surface area (Å²) in [6.45, 7) is 2.63. The highest BCUT2D eigenvalue weighted by molar-refractivity contribution is 6.03. The van der Waals surface area contributed by atoms with E-state index in [1.165, 1.54) is 6.42 Å². The van der Waals surface area contributed by atoms with Crippen molar-refractivity contribution in [3.05, 3.63) is 47.0 Å². The van der Waals surface area contributed by atoms with E-state index in [0.29, 0.717) is 35.3 Å². The summed E-state index contributed by atoms with van der Waals surface area (Å²) in [4.78, 5) is 24.7. The second-order valence-electron chi connectivity index (χ2n) is 8.42. The second kappa shape index (κ2) is 7.86. The number of fused-ring (bicyclic) bond motifs is 2. The number of hydrogen-bond acceptors (Lipinski definition) is 7. The van der Waals surface area contributed by atoms with Gasteiger partial charge < -0.3 is 19.7 Å². The molecule has 1 saturated carbocycles. The minimum absolute atomic E-state index is 0.0272. The maximum absolute atomic E-state index is 11.0. The van der Waals surface area contributed by atoms with E-state index in [9.17, 15) is 4.79 Å². The van der Waals surface area contributed by atoms with Gasteiger partial charge in [0.2, 0.25) is 0 Å². The van der Waals surface area contributed by atoms with Crippen LogP contribution >= 0.6 is 0 Å². The number of ether oxygens (including phenoxy) is 1. The molecule has 0 bridgehead atoms. The number of aromatic nitrogens is 4. The number of amidine groups is 1. The lowest BCUT2D eigenvalue weighted by atomic mass is 9.80. The van der Waals surface area contributed by atoms with Gasteiger partial charge in [-0.05, 0) is 36.8 Å². The number of rotatable bonds is 5. The zero-order valence-electron chi connectivity index (χ0n) is 17.9. The van der Waals surface area contributed by atoms with Crippen LogP contribution in [0.2, 0.25) is 0 Å². The van der Waals surface area contributed by atoms with Gasteiger partial charge in [0.05, 0.1) is 6.61 Å². The Morgan fingerprint density at radius 2 is 2.06 bits per heavy atom. The molecule has 0 saturated heterocycles. The van der Waals surface area contributed by atoms with Gasteiger partial charge in [0.1, 0.15) is 17.4 Å². The molecule has 4 N–H and O–H groups in total. The average Bonchev–Trinajstić information content (AvgIpc) is 3.27. The molecule has 32 heavy (non-hydrogen) atoms. The number of carboxylic acid groups (broad SMARTS) is 1. The normalized spacial score (nSPS) is 18.8. The van der Waals surface area contributed by atoms with Crippen LogP contribution in [-0.2, 0) is 18.4 Å². The van der Waals surface area contributed by atoms with Gasteiger partial charge in [-0.25, -0.2) is 19.7 Å². The summed E-state index contributed by atoms with van der Waals surface area (Å²) < 4.78 is 7.98. The molecule has 5 rings (SSSR count). The van der Waals surface area contributed by atoms with E-state index < -0.39 is 11.9 Å². The molecule has 0 radical (unpaired) electrons. The summed E-state index contributed by atoms with van der Waals surface area (Å²) >= 11 is 0. The van der Waals surface area contributed by atoms with Crippen molar-refractivity contribution in [2.45, 2.75) is 44.9 Å². The number of aryl methyl sites for hydroxylation is 1. The summed E-state index contributed by atoms with van der Waals surface area (Å²) in [5.74, 6) is 1.36. The molecular formula is C22H25N7O3. The zero-order valence-corrected chi connectivity index (χ0v) is 17.9. The van der Waals surface area contributed by atoms with Crippen LogP contribution in [0.25, 0.3) is 11.2 Å². The van der Waals surface area contributed by atoms with Crippen LogP contribution in [0.15, 0.2) is 24.3 Å². The third-order valence-corrected chi connectivity index (χ3v) is 6.42. The molecule has 1 amide bonds. The first-order valence-electron chi connectivity index (χ1n) is 10.7. The highest BCUT2D eigenvalue weighted by atomic mass is 16.5. The van der Waals surface area contributed by atoms with E-state index in [-0.39, 0.29) is 18.0 Å². The molecule has 2 atom stereocenters. The maximum Gasteiger partial charge on any atom is 0.410 e. The molecule has 166 valence electrons. The standard InChI is InChI=1S/C22H25N7O3/c1-11(12-7-5-8-12)24-18-15-19(27-20(26-18)17(23)25-22(30)31)28-21(29(15)2)16-14-9-4-3-6-13(14)10-32-16/h3-4,6,9,11-12,16H,5,7-8,10H2,1-2H3,(H2,23,25)(H,30,31)(H,24,26,27)/t11-,16?/m1/s1. The van der Waals surface area contributed by atoms with Crippen molar-refractivity contribution in [1.82, 2.24) is 24.8 Å². The third-order valence-electron chi connectivity index (χ3n) is 6.42. The van der Waals surface area contributed by atoms with Crippen LogP contribution in [0.3, 0.4) is 0 Å². The molecule has 3 heterocycles. The Hall–Kier alpha value is -3.53. The Bertz CT molecular complexity index is 1220. The smallest absolute Gasteiger partial charge is 0.410 e. The Morgan fingerprint density at radius 1 is 1.28 bits per heavy atom. The summed E-state index contributed by atoms with van der Waals surface area (Å²) in [6.07, 6.45) is 1.88. The summed E-state index contributed by atoms with van der Waals surface area (Å²) in [7, 11) is 1.90. The predicted octanol–water partition coefficient (Wildman–Crippen LogP) is 3.18. The van der Waals surface area contributed by atoms with Gasteiger partial charge in [0, 0.05) is 13.1 Å². The fraction of sp³-hybridized carbons (Fsp3) is 0.409. The van der Waals surface area contributed by atoms with E-state index in [4.69, 9.17) is 20.2 Å². The van der Waals surface area contributed by atoms with Crippen LogP contribution in [0.4, 0.5) is 10.6 Å². The van der Waals surface area contributed by atoms with Crippen LogP contribution in [-0.4, -0.2) is 42.6 Å². The minimum atomic E-state index is -1.34. The van der Waals surface area contributed by atoms with Crippen molar-refractivity contribution >= 4 is 28.9 Å². The molecule has 3 aromatic rings. The van der Waals surface area contributed by atoms with Crippen LogP contribution in [0.5, 0.6) is 0 Å². The van der Waals surface area contributed by atoms with Gasteiger partial charge in [-0.3, -0.25) is 10.7 Å². The number of imidazole rings is 1. The van der Waals surface area contributed by atoms with Crippen molar-refractivity contribution in [1.29, 1.82) is 5.41 Å². The van der Waals surface area contributed by atoms with Gasteiger partial charge in [0.15, 0.2) is 23.1 Å². The van der Waals surface area contributed by atoms with Gasteiger partial charge in [0.25, 0.3) is 0 Å². The van der Waals surface area contributed by atoms with E-state index >= 15 is 0 Å². The fourth-order valence-corrected chi connectivity index (χ4v) is 4.41. The predicted molar refractivity (Wildman–Crippen MR) is 118 cm³/mol. The van der Waals surface area contributed by atoms with Crippen molar-refractivity contribution in [2.24, 2.45) is 13.0 Å². The number of nitrogens with one attached hydrogen (secondary N) is 3. The molecule has 10 nitrogen and oxygen atoms in total. The van der Waals surface area contributed by atoms with Crippen molar-refractivity contribution in [3.63, 3.8) is 0 Å². The Balaban J connectivity index is 1.60. The average molecular weight is 435 g/mol. The first-order chi connectivity index (χ1) is 15.4. The van der Waals surface area contributed by atoms with Crippen molar-refractivity contribution < 1.29 is 14.6 Å². The topological polar surface area (TPSA) is 138 Å². The highest BCUT2D eigenvalue weighted by Crippen LogP contribution is 2.37. The quantitative estimate of drug-likeness (QED) is 0.357. The van der Waals surface area contributed by atoms with E-state index in [1.807, 2.05) is 41.2 Å². The number of hydrogen-bond donors (Lipinski definition) is 4. The fourth-order valence-electron chi connectivity index (χ4n) is 4.41. The molecule has 1 aliphatic carbocycles. The van der Waals surface area contributed by atoms with Crippen LogP contribution in [0.1, 0.15) is 55.1 Å². The summed E-state index contributed by atoms with van der Waals surface area (Å²) in [5, 5.41) is 22.6. The lowest BCUT2D eigenvalue weighted by molar-refractivity contribution is 0.0864. The largest absolute Gasteiger partial charge is 0.465 e. The van der Waals surface area contributed by atoms with E-state index in [0.717, 1.165) is 24.0 Å². The molecule has 10 heteroatoms. The number of nitrogens with zero attached hydrogens (tertiary/aromatic N) is 4. The SMILES string of the molecule is C[C@@H](Nc1nc(C(=N)NC(=O)O)nc2nc(C3OCc4ccccc43)n(C)c12)C1CCC1. The van der Waals surface area contributed by atoms with Gasteiger partial charge >= 0.3 is 6.09 Å². The number of carbonyl (C=O) groups is 1. The van der Waals surface area contributed by atoms with E-state index in [2.05, 4.69) is 22.2 Å². The number of benzene rings is 1. The molecular weight excluding hydrogens is 410 g/mol. The van der Waals surface area contributed by atoms with Crippen molar-refractivity contribution in [3.8, 4) is 0 Å². The van der Waals surface area contributed by atoms with Gasteiger partial charge in [-0.2, -0.15) is 0 Å². The molecule has 2 aliphatic rings. The third kappa shape index (κ3) is 3.46. The van der Waals surface area contributed by atoms with Crippen LogP contribution in [0, 0.1) is 11.3 Å². The highest BCUT2D eigenvalue weighted by Gasteiger charge is 2.31. The Morgan fingerprint density at radius 3 is 2.78 bits per heavy atom. The molecule has 1 fully saturated rings. The molecule has 1 aliphatic heterocycles. The maximum atomic E-state index is 11.0. The molecule has 1 unspecified atom stereocenters. The molecule has 2 aromatic heterocycles. The monoisotopic (exact) mass is 435 g/mol. The van der Waals surface area contributed by atoms with Gasteiger partial charge in [-0.15, -0.1) is 0 Å². The Kier molecular flexibility index (Phi) is 5.01. The van der Waals surface area contributed by atoms with Crippen molar-refractivity contribution in [2.75, 3.05) is 5.32 Å². The van der Waals surface area contributed by atoms with Gasteiger partial charge in [-0.1, -0.05) is 30.7 Å². The number of amides is 1.